The number of halogens is 2. The first-order valence-corrected chi connectivity index (χ1v) is 8.08. The molecule has 0 heterocycles. The number of rotatable bonds is 7. The number of hydrogen-bond acceptors (Lipinski definition) is 4. The van der Waals surface area contributed by atoms with Crippen LogP contribution in [0.5, 0.6) is 5.75 Å². The number of hydrogen-bond donors (Lipinski definition) is 2. The number of aliphatic imine (C=N–C) groups is 1. The maximum absolute atomic E-state index is 12.9. The Bertz CT molecular complexity index is 771. The molecule has 7 nitrogen and oxygen atoms in total. The number of benzene rings is 2. The van der Waals surface area contributed by atoms with Gasteiger partial charge in [-0.25, -0.2) is 4.39 Å². The van der Waals surface area contributed by atoms with Crippen molar-refractivity contribution in [2.45, 2.75) is 19.6 Å². The molecule has 2 rings (SSSR count). The van der Waals surface area contributed by atoms with Gasteiger partial charge in [0.2, 0.25) is 0 Å². The molecule has 146 valence electrons. The van der Waals surface area contributed by atoms with E-state index in [-0.39, 0.29) is 48.1 Å². The van der Waals surface area contributed by atoms with E-state index in [4.69, 9.17) is 4.74 Å². The zero-order valence-electron chi connectivity index (χ0n) is 15.0. The average molecular weight is 488 g/mol. The fourth-order valence-electron chi connectivity index (χ4n) is 2.27. The van der Waals surface area contributed by atoms with Crippen LogP contribution >= 0.6 is 24.0 Å². The van der Waals surface area contributed by atoms with Crippen LogP contribution in [0.4, 0.5) is 10.1 Å². The van der Waals surface area contributed by atoms with Crippen molar-refractivity contribution in [1.82, 2.24) is 10.6 Å². The van der Waals surface area contributed by atoms with E-state index in [1.807, 2.05) is 6.92 Å². The second kappa shape index (κ2) is 11.3. The summed E-state index contributed by atoms with van der Waals surface area (Å²) in [5.41, 5.74) is 0.625. The minimum absolute atomic E-state index is 0. The minimum Gasteiger partial charge on any atom is -0.489 e. The Balaban J connectivity index is 0.00000364. The highest BCUT2D eigenvalue weighted by Gasteiger charge is 2.12. The lowest BCUT2D eigenvalue weighted by Crippen LogP contribution is -2.41. The second-order valence-electron chi connectivity index (χ2n) is 5.57. The van der Waals surface area contributed by atoms with Crippen LogP contribution in [0.1, 0.15) is 12.5 Å². The Labute approximate surface area is 174 Å². The zero-order valence-corrected chi connectivity index (χ0v) is 17.3. The lowest BCUT2D eigenvalue weighted by atomic mass is 10.2. The van der Waals surface area contributed by atoms with Crippen LogP contribution in [0.25, 0.3) is 0 Å². The van der Waals surface area contributed by atoms with Crippen molar-refractivity contribution in [3.63, 3.8) is 0 Å². The summed E-state index contributed by atoms with van der Waals surface area (Å²) in [6, 6.07) is 12.3. The van der Waals surface area contributed by atoms with Crippen molar-refractivity contribution < 1.29 is 14.1 Å². The lowest BCUT2D eigenvalue weighted by Gasteiger charge is -2.17. The molecule has 2 aromatic rings. The molecule has 0 fully saturated rings. The number of nitro benzene ring substituents is 1. The quantitative estimate of drug-likeness (QED) is 0.205. The first-order valence-electron chi connectivity index (χ1n) is 8.08. The van der Waals surface area contributed by atoms with Crippen LogP contribution in [0.2, 0.25) is 0 Å². The smallest absolute Gasteiger partial charge is 0.274 e. The summed E-state index contributed by atoms with van der Waals surface area (Å²) in [4.78, 5) is 14.7. The van der Waals surface area contributed by atoms with Gasteiger partial charge < -0.3 is 15.4 Å². The van der Waals surface area contributed by atoms with Crippen LogP contribution in [0.3, 0.4) is 0 Å². The fourth-order valence-corrected chi connectivity index (χ4v) is 2.27. The summed E-state index contributed by atoms with van der Waals surface area (Å²) in [6.07, 6.45) is -0.190. The molecule has 0 aliphatic carbocycles. The predicted octanol–water partition coefficient (Wildman–Crippen LogP) is 3.48. The number of para-hydroxylation sites is 1. The second-order valence-corrected chi connectivity index (χ2v) is 5.57. The monoisotopic (exact) mass is 488 g/mol. The van der Waals surface area contributed by atoms with Crippen molar-refractivity contribution in [2.24, 2.45) is 4.99 Å². The van der Waals surface area contributed by atoms with Gasteiger partial charge in [0.05, 0.1) is 11.5 Å². The Morgan fingerprint density at radius 2 is 1.89 bits per heavy atom. The normalized spacial score (nSPS) is 11.9. The van der Waals surface area contributed by atoms with E-state index < -0.39 is 4.92 Å². The van der Waals surface area contributed by atoms with E-state index in [2.05, 4.69) is 15.6 Å². The van der Waals surface area contributed by atoms with E-state index in [1.54, 1.807) is 37.4 Å². The number of nitrogens with one attached hydrogen (secondary N) is 2. The lowest BCUT2D eigenvalue weighted by molar-refractivity contribution is -0.385. The summed E-state index contributed by atoms with van der Waals surface area (Å²) >= 11 is 0. The molecular formula is C18H22FIN4O3. The molecule has 0 saturated carbocycles. The van der Waals surface area contributed by atoms with Gasteiger partial charge in [-0.05, 0) is 31.2 Å². The molecule has 9 heteroatoms. The van der Waals surface area contributed by atoms with E-state index in [0.29, 0.717) is 23.8 Å². The third-order valence-electron chi connectivity index (χ3n) is 3.57. The molecule has 0 radical (unpaired) electrons. The maximum Gasteiger partial charge on any atom is 0.274 e. The van der Waals surface area contributed by atoms with Gasteiger partial charge in [-0.15, -0.1) is 24.0 Å². The fraction of sp³-hybridized carbons (Fsp3) is 0.278. The average Bonchev–Trinajstić information content (AvgIpc) is 2.64. The third-order valence-corrected chi connectivity index (χ3v) is 3.57. The molecule has 0 saturated heterocycles. The molecule has 1 unspecified atom stereocenters. The van der Waals surface area contributed by atoms with Crippen molar-refractivity contribution in [3.8, 4) is 5.75 Å². The number of guanidine groups is 1. The van der Waals surface area contributed by atoms with Gasteiger partial charge in [0, 0.05) is 25.2 Å². The van der Waals surface area contributed by atoms with Crippen LogP contribution in [0.15, 0.2) is 53.5 Å². The molecule has 0 amide bonds. The van der Waals surface area contributed by atoms with Crippen molar-refractivity contribution >= 4 is 35.6 Å². The van der Waals surface area contributed by atoms with Gasteiger partial charge in [-0.2, -0.15) is 0 Å². The molecule has 0 aliphatic rings. The van der Waals surface area contributed by atoms with Gasteiger partial charge >= 0.3 is 0 Å². The Hall–Kier alpha value is -2.43. The van der Waals surface area contributed by atoms with E-state index in [1.165, 1.54) is 18.2 Å². The highest BCUT2D eigenvalue weighted by molar-refractivity contribution is 14.0. The number of nitro groups is 1. The third kappa shape index (κ3) is 7.37. The van der Waals surface area contributed by atoms with Crippen molar-refractivity contribution in [3.05, 3.63) is 70.0 Å². The van der Waals surface area contributed by atoms with Crippen LogP contribution in [-0.4, -0.2) is 30.6 Å². The predicted molar refractivity (Wildman–Crippen MR) is 113 cm³/mol. The van der Waals surface area contributed by atoms with Crippen LogP contribution in [0, 0.1) is 15.9 Å². The van der Waals surface area contributed by atoms with Crippen LogP contribution < -0.4 is 15.4 Å². The van der Waals surface area contributed by atoms with Gasteiger partial charge in [0.1, 0.15) is 17.7 Å². The Morgan fingerprint density at radius 1 is 1.22 bits per heavy atom. The highest BCUT2D eigenvalue weighted by atomic mass is 127. The van der Waals surface area contributed by atoms with Gasteiger partial charge in [0.25, 0.3) is 5.69 Å². The van der Waals surface area contributed by atoms with Crippen molar-refractivity contribution in [2.75, 3.05) is 13.6 Å². The topological polar surface area (TPSA) is 88.8 Å². The van der Waals surface area contributed by atoms with Gasteiger partial charge in [-0.1, -0.05) is 18.2 Å². The van der Waals surface area contributed by atoms with E-state index in [9.17, 15) is 14.5 Å². The highest BCUT2D eigenvalue weighted by Crippen LogP contribution is 2.17. The van der Waals surface area contributed by atoms with Gasteiger partial charge in [0.15, 0.2) is 5.96 Å². The molecular weight excluding hydrogens is 466 g/mol. The Kier molecular flexibility index (Phi) is 9.48. The van der Waals surface area contributed by atoms with E-state index >= 15 is 0 Å². The molecule has 0 aliphatic heterocycles. The van der Waals surface area contributed by atoms with Crippen LogP contribution in [-0.2, 0) is 6.54 Å². The first-order chi connectivity index (χ1) is 12.5. The molecule has 2 aromatic carbocycles. The zero-order chi connectivity index (χ0) is 18.9. The molecule has 0 bridgehead atoms. The molecule has 0 aromatic heterocycles. The maximum atomic E-state index is 12.9. The molecule has 1 atom stereocenters. The summed E-state index contributed by atoms with van der Waals surface area (Å²) in [5, 5.41) is 17.2. The Morgan fingerprint density at radius 3 is 2.52 bits per heavy atom. The number of nitrogens with zero attached hydrogens (tertiary/aromatic N) is 2. The molecule has 2 N–H and O–H groups in total. The summed E-state index contributed by atoms with van der Waals surface area (Å²) in [6.45, 7) is 2.59. The standard InChI is InChI=1S/C18H21FN4O3.HI/c1-13(26-16-9-7-15(19)8-10-16)11-21-18(20-2)22-12-14-5-3-4-6-17(14)23(24)25;/h3-10,13H,11-12H2,1-2H3,(H2,20,21,22);1H. The largest absolute Gasteiger partial charge is 0.489 e. The first kappa shape index (κ1) is 22.6. The van der Waals surface area contributed by atoms with Crippen molar-refractivity contribution in [1.29, 1.82) is 0 Å². The molecule has 27 heavy (non-hydrogen) atoms. The summed E-state index contributed by atoms with van der Waals surface area (Å²) < 4.78 is 18.6. The van der Waals surface area contributed by atoms with E-state index in [0.717, 1.165) is 0 Å². The summed E-state index contributed by atoms with van der Waals surface area (Å²) in [5.74, 6) is 0.754. The summed E-state index contributed by atoms with van der Waals surface area (Å²) in [7, 11) is 1.61. The number of ether oxygens (including phenoxy) is 1. The minimum atomic E-state index is -0.411. The SMILES string of the molecule is CN=C(NCc1ccccc1[N+](=O)[O-])NCC(C)Oc1ccc(F)cc1.I. The van der Waals surface area contributed by atoms with Gasteiger partial charge in [-0.3, -0.25) is 15.1 Å². The molecule has 0 spiro atoms.